The normalized spacial score (nSPS) is 18.0. The highest BCUT2D eigenvalue weighted by molar-refractivity contribution is 5.19. The zero-order valence-corrected chi connectivity index (χ0v) is 14.0. The second-order valence-electron chi connectivity index (χ2n) is 6.41. The standard InChI is InChI=1S/C20H27N3/c1-2-20(17-8-4-3-5-9-17)22-18-11-14-23(15-12-18)16-19-10-6-7-13-21-19/h3-10,13,18,20,22H,2,11-12,14-16H2,1H3/t20-/m1/s1. The highest BCUT2D eigenvalue weighted by Gasteiger charge is 2.21. The maximum Gasteiger partial charge on any atom is 0.0543 e. The molecule has 0 bridgehead atoms. The van der Waals surface area contributed by atoms with E-state index in [1.54, 1.807) is 0 Å². The first-order valence-electron chi connectivity index (χ1n) is 8.78. The van der Waals surface area contributed by atoms with E-state index in [0.29, 0.717) is 12.1 Å². The van der Waals surface area contributed by atoms with Crippen molar-refractivity contribution in [3.05, 3.63) is 66.0 Å². The van der Waals surface area contributed by atoms with Gasteiger partial charge in [-0.3, -0.25) is 9.88 Å². The summed E-state index contributed by atoms with van der Waals surface area (Å²) in [7, 11) is 0. The number of rotatable bonds is 6. The summed E-state index contributed by atoms with van der Waals surface area (Å²) in [4.78, 5) is 6.95. The molecule has 3 heteroatoms. The molecule has 3 rings (SSSR count). The molecule has 1 atom stereocenters. The van der Waals surface area contributed by atoms with Gasteiger partial charge >= 0.3 is 0 Å². The van der Waals surface area contributed by atoms with Crippen LogP contribution in [0.15, 0.2) is 54.7 Å². The molecule has 1 fully saturated rings. The minimum Gasteiger partial charge on any atom is -0.307 e. The summed E-state index contributed by atoms with van der Waals surface area (Å²) < 4.78 is 0. The Morgan fingerprint density at radius 1 is 1.09 bits per heavy atom. The number of pyridine rings is 1. The van der Waals surface area contributed by atoms with Crippen LogP contribution in [0.25, 0.3) is 0 Å². The zero-order valence-electron chi connectivity index (χ0n) is 14.0. The number of piperidine rings is 1. The monoisotopic (exact) mass is 309 g/mol. The second kappa shape index (κ2) is 8.23. The minimum atomic E-state index is 0.476. The van der Waals surface area contributed by atoms with Crippen molar-refractivity contribution in [2.75, 3.05) is 13.1 Å². The third-order valence-corrected chi connectivity index (χ3v) is 4.75. The fourth-order valence-electron chi connectivity index (χ4n) is 3.40. The molecular weight excluding hydrogens is 282 g/mol. The van der Waals surface area contributed by atoms with Crippen LogP contribution in [0.3, 0.4) is 0 Å². The summed E-state index contributed by atoms with van der Waals surface area (Å²) >= 11 is 0. The smallest absolute Gasteiger partial charge is 0.0543 e. The first-order chi connectivity index (χ1) is 11.3. The summed E-state index contributed by atoms with van der Waals surface area (Å²) in [5, 5.41) is 3.86. The number of likely N-dealkylation sites (tertiary alicyclic amines) is 1. The molecule has 0 saturated carbocycles. The van der Waals surface area contributed by atoms with E-state index in [1.807, 2.05) is 12.3 Å². The first-order valence-corrected chi connectivity index (χ1v) is 8.78. The van der Waals surface area contributed by atoms with Crippen molar-refractivity contribution >= 4 is 0 Å². The lowest BCUT2D eigenvalue weighted by Gasteiger charge is -2.34. The summed E-state index contributed by atoms with van der Waals surface area (Å²) in [6.07, 6.45) is 5.46. The van der Waals surface area contributed by atoms with E-state index in [9.17, 15) is 0 Å². The van der Waals surface area contributed by atoms with Gasteiger partial charge in [0.1, 0.15) is 0 Å². The number of benzene rings is 1. The fraction of sp³-hybridized carbons (Fsp3) is 0.450. The van der Waals surface area contributed by atoms with Crippen molar-refractivity contribution < 1.29 is 0 Å². The van der Waals surface area contributed by atoms with E-state index in [4.69, 9.17) is 0 Å². The van der Waals surface area contributed by atoms with Crippen LogP contribution in [0, 0.1) is 0 Å². The summed E-state index contributed by atoms with van der Waals surface area (Å²) in [6.45, 7) is 5.54. The Morgan fingerprint density at radius 3 is 2.48 bits per heavy atom. The van der Waals surface area contributed by atoms with Gasteiger partial charge in [-0.1, -0.05) is 43.3 Å². The van der Waals surface area contributed by atoms with Crippen LogP contribution in [0.2, 0.25) is 0 Å². The molecule has 3 nitrogen and oxygen atoms in total. The van der Waals surface area contributed by atoms with Gasteiger partial charge in [0, 0.05) is 37.9 Å². The zero-order chi connectivity index (χ0) is 15.9. The Bertz CT molecular complexity index is 562. The van der Waals surface area contributed by atoms with Gasteiger partial charge in [-0.2, -0.15) is 0 Å². The van der Waals surface area contributed by atoms with Gasteiger partial charge in [-0.15, -0.1) is 0 Å². The van der Waals surface area contributed by atoms with Crippen molar-refractivity contribution in [1.82, 2.24) is 15.2 Å². The molecular formula is C20H27N3. The molecule has 1 saturated heterocycles. The van der Waals surface area contributed by atoms with E-state index in [1.165, 1.54) is 24.1 Å². The number of nitrogens with zero attached hydrogens (tertiary/aromatic N) is 2. The van der Waals surface area contributed by atoms with Crippen molar-refractivity contribution in [2.24, 2.45) is 0 Å². The van der Waals surface area contributed by atoms with E-state index >= 15 is 0 Å². The van der Waals surface area contributed by atoms with Crippen LogP contribution in [0.4, 0.5) is 0 Å². The number of hydrogen-bond donors (Lipinski definition) is 1. The van der Waals surface area contributed by atoms with Gasteiger partial charge < -0.3 is 5.32 Å². The lowest BCUT2D eigenvalue weighted by atomic mass is 9.99. The van der Waals surface area contributed by atoms with Gasteiger partial charge in [0.25, 0.3) is 0 Å². The lowest BCUT2D eigenvalue weighted by Crippen LogP contribution is -2.43. The number of aromatic nitrogens is 1. The molecule has 0 spiro atoms. The van der Waals surface area contributed by atoms with Gasteiger partial charge in [0.05, 0.1) is 5.69 Å². The Labute approximate surface area is 139 Å². The summed E-state index contributed by atoms with van der Waals surface area (Å²) in [5.74, 6) is 0. The van der Waals surface area contributed by atoms with Gasteiger partial charge in [-0.25, -0.2) is 0 Å². The SMILES string of the molecule is CC[C@@H](NC1CCN(Cc2ccccn2)CC1)c1ccccc1. The van der Waals surface area contributed by atoms with Crippen LogP contribution in [-0.2, 0) is 6.54 Å². The first kappa shape index (κ1) is 16.2. The molecule has 0 aliphatic carbocycles. The van der Waals surface area contributed by atoms with Crippen LogP contribution in [0.5, 0.6) is 0 Å². The van der Waals surface area contributed by atoms with Crippen LogP contribution >= 0.6 is 0 Å². The highest BCUT2D eigenvalue weighted by atomic mass is 15.1. The molecule has 122 valence electrons. The van der Waals surface area contributed by atoms with Crippen molar-refractivity contribution in [3.8, 4) is 0 Å². The summed E-state index contributed by atoms with van der Waals surface area (Å²) in [6, 6.07) is 18.1. The molecule has 2 aromatic rings. The lowest BCUT2D eigenvalue weighted by molar-refractivity contribution is 0.181. The Hall–Kier alpha value is -1.71. The van der Waals surface area contributed by atoms with Gasteiger partial charge in [-0.05, 0) is 37.0 Å². The van der Waals surface area contributed by atoms with Crippen molar-refractivity contribution in [1.29, 1.82) is 0 Å². The Kier molecular flexibility index (Phi) is 5.78. The minimum absolute atomic E-state index is 0.476. The molecule has 0 unspecified atom stereocenters. The molecule has 1 aromatic carbocycles. The van der Waals surface area contributed by atoms with Gasteiger partial charge in [0.15, 0.2) is 0 Å². The molecule has 1 aliphatic heterocycles. The third-order valence-electron chi connectivity index (χ3n) is 4.75. The van der Waals surface area contributed by atoms with Gasteiger partial charge in [0.2, 0.25) is 0 Å². The highest BCUT2D eigenvalue weighted by Crippen LogP contribution is 2.20. The van der Waals surface area contributed by atoms with Crippen molar-refractivity contribution in [3.63, 3.8) is 0 Å². The fourth-order valence-corrected chi connectivity index (χ4v) is 3.40. The third kappa shape index (κ3) is 4.63. The molecule has 1 N–H and O–H groups in total. The average molecular weight is 309 g/mol. The molecule has 0 amide bonds. The summed E-state index contributed by atoms with van der Waals surface area (Å²) in [5.41, 5.74) is 2.58. The van der Waals surface area contributed by atoms with E-state index < -0.39 is 0 Å². The quantitative estimate of drug-likeness (QED) is 0.880. The maximum atomic E-state index is 4.44. The Morgan fingerprint density at radius 2 is 1.83 bits per heavy atom. The van der Waals surface area contributed by atoms with Crippen LogP contribution < -0.4 is 5.32 Å². The van der Waals surface area contributed by atoms with Crippen molar-refractivity contribution in [2.45, 2.75) is 44.8 Å². The molecule has 23 heavy (non-hydrogen) atoms. The largest absolute Gasteiger partial charge is 0.307 e. The second-order valence-corrected chi connectivity index (χ2v) is 6.41. The number of hydrogen-bond acceptors (Lipinski definition) is 3. The van der Waals surface area contributed by atoms with E-state index in [2.05, 4.69) is 64.6 Å². The van der Waals surface area contributed by atoms with E-state index in [-0.39, 0.29) is 0 Å². The Balaban J connectivity index is 1.49. The number of nitrogens with one attached hydrogen (secondary N) is 1. The van der Waals surface area contributed by atoms with Crippen LogP contribution in [0.1, 0.15) is 43.5 Å². The predicted octanol–water partition coefficient (Wildman–Crippen LogP) is 3.79. The molecule has 0 radical (unpaired) electrons. The molecule has 1 aliphatic rings. The molecule has 1 aromatic heterocycles. The van der Waals surface area contributed by atoms with Crippen LogP contribution in [-0.4, -0.2) is 29.0 Å². The topological polar surface area (TPSA) is 28.2 Å². The van der Waals surface area contributed by atoms with E-state index in [0.717, 1.165) is 26.1 Å². The predicted molar refractivity (Wildman–Crippen MR) is 95.1 cm³/mol. The average Bonchev–Trinajstić information content (AvgIpc) is 2.63. The molecule has 2 heterocycles. The maximum absolute atomic E-state index is 4.44.